The average Bonchev–Trinajstić information content (AvgIpc) is 2.16. The van der Waals surface area contributed by atoms with Crippen molar-refractivity contribution in [2.75, 3.05) is 6.61 Å². The molecule has 0 fully saturated rings. The van der Waals surface area contributed by atoms with Crippen LogP contribution >= 0.6 is 0 Å². The van der Waals surface area contributed by atoms with E-state index in [1.807, 2.05) is 27.7 Å². The van der Waals surface area contributed by atoms with Gasteiger partial charge in [-0.15, -0.1) is 0 Å². The number of hydrogen-bond donors (Lipinski definition) is 1. The highest BCUT2D eigenvalue weighted by molar-refractivity contribution is 5.94. The van der Waals surface area contributed by atoms with Crippen LogP contribution in [0.3, 0.4) is 0 Å². The summed E-state index contributed by atoms with van der Waals surface area (Å²) in [5.41, 5.74) is 0.161. The van der Waals surface area contributed by atoms with Crippen LogP contribution in [0.4, 0.5) is 0 Å². The number of carbonyl (C=O) groups excluding carboxylic acids is 1. The summed E-state index contributed by atoms with van der Waals surface area (Å²) in [7, 11) is 0. The molecule has 1 amide bonds. The molecule has 1 heterocycles. The normalized spacial score (nSPS) is 11.0. The van der Waals surface area contributed by atoms with Gasteiger partial charge in [-0.25, -0.2) is 9.97 Å². The minimum absolute atomic E-state index is 0.185. The maximum absolute atomic E-state index is 11.7. The minimum Gasteiger partial charge on any atom is -0.464 e. The van der Waals surface area contributed by atoms with Gasteiger partial charge in [-0.3, -0.25) is 4.79 Å². The molecule has 0 atom stereocenters. The van der Waals surface area contributed by atoms with E-state index in [0.717, 1.165) is 0 Å². The van der Waals surface area contributed by atoms with E-state index in [1.54, 1.807) is 0 Å². The van der Waals surface area contributed by atoms with E-state index in [0.29, 0.717) is 12.2 Å². The molecule has 88 valence electrons. The van der Waals surface area contributed by atoms with Gasteiger partial charge in [0, 0.05) is 17.9 Å². The van der Waals surface area contributed by atoms with Crippen molar-refractivity contribution in [3.05, 3.63) is 18.0 Å². The molecule has 1 aromatic rings. The molecule has 1 aromatic heterocycles. The highest BCUT2D eigenvalue weighted by Gasteiger charge is 2.15. The molecular formula is C11H17N3O2. The molecule has 0 aliphatic carbocycles. The van der Waals surface area contributed by atoms with Gasteiger partial charge < -0.3 is 10.1 Å². The van der Waals surface area contributed by atoms with Crippen molar-refractivity contribution in [1.29, 1.82) is 0 Å². The zero-order chi connectivity index (χ0) is 12.2. The number of nitrogens with zero attached hydrogens (tertiary/aromatic N) is 2. The lowest BCUT2D eigenvalue weighted by molar-refractivity contribution is 0.0918. The summed E-state index contributed by atoms with van der Waals surface area (Å²) in [6.07, 6.45) is 2.91. The van der Waals surface area contributed by atoms with Crippen LogP contribution in [-0.2, 0) is 0 Å². The van der Waals surface area contributed by atoms with Crippen LogP contribution in [0.15, 0.2) is 12.4 Å². The smallest absolute Gasteiger partial charge is 0.316 e. The Morgan fingerprint density at radius 2 is 1.94 bits per heavy atom. The molecule has 0 saturated heterocycles. The predicted octanol–water partition coefficient (Wildman–Crippen LogP) is 1.40. The second-order valence-electron chi connectivity index (χ2n) is 4.39. The Morgan fingerprint density at radius 1 is 1.38 bits per heavy atom. The Kier molecular flexibility index (Phi) is 3.82. The lowest BCUT2D eigenvalue weighted by Crippen LogP contribution is -2.40. The quantitative estimate of drug-likeness (QED) is 0.841. The van der Waals surface area contributed by atoms with Crippen molar-refractivity contribution in [3.8, 4) is 6.01 Å². The van der Waals surface area contributed by atoms with E-state index in [9.17, 15) is 4.79 Å². The maximum Gasteiger partial charge on any atom is 0.316 e. The van der Waals surface area contributed by atoms with Gasteiger partial charge in [0.1, 0.15) is 0 Å². The molecule has 0 aliphatic rings. The van der Waals surface area contributed by atoms with Gasteiger partial charge in [0.2, 0.25) is 0 Å². The van der Waals surface area contributed by atoms with Crippen LogP contribution in [0.1, 0.15) is 38.1 Å². The Hall–Kier alpha value is -1.65. The third-order valence-electron chi connectivity index (χ3n) is 1.65. The fourth-order valence-electron chi connectivity index (χ4n) is 1.05. The lowest BCUT2D eigenvalue weighted by atomic mass is 10.1. The van der Waals surface area contributed by atoms with Crippen molar-refractivity contribution < 1.29 is 9.53 Å². The molecule has 0 aromatic carbocycles. The Bertz CT molecular complexity index is 354. The topological polar surface area (TPSA) is 64.1 Å². The molecule has 0 aliphatic heterocycles. The predicted molar refractivity (Wildman–Crippen MR) is 60.4 cm³/mol. The molecule has 16 heavy (non-hydrogen) atoms. The van der Waals surface area contributed by atoms with Gasteiger partial charge in [0.15, 0.2) is 0 Å². The van der Waals surface area contributed by atoms with E-state index in [-0.39, 0.29) is 17.5 Å². The first-order valence-electron chi connectivity index (χ1n) is 5.19. The molecule has 0 bridgehead atoms. The number of carbonyl (C=O) groups is 1. The summed E-state index contributed by atoms with van der Waals surface area (Å²) in [5.74, 6) is -0.185. The van der Waals surface area contributed by atoms with Crippen molar-refractivity contribution in [2.24, 2.45) is 0 Å². The van der Waals surface area contributed by atoms with Gasteiger partial charge in [0.05, 0.1) is 12.2 Å². The van der Waals surface area contributed by atoms with Crippen molar-refractivity contribution in [3.63, 3.8) is 0 Å². The second kappa shape index (κ2) is 4.92. The summed E-state index contributed by atoms with van der Waals surface area (Å²) in [6.45, 7) is 8.11. The fourth-order valence-corrected chi connectivity index (χ4v) is 1.05. The van der Waals surface area contributed by atoms with Crippen LogP contribution in [0.2, 0.25) is 0 Å². The number of hydrogen-bond acceptors (Lipinski definition) is 4. The third-order valence-corrected chi connectivity index (χ3v) is 1.65. The number of ether oxygens (including phenoxy) is 1. The number of rotatable bonds is 3. The number of amides is 1. The first kappa shape index (κ1) is 12.4. The largest absolute Gasteiger partial charge is 0.464 e. The third kappa shape index (κ3) is 3.84. The molecule has 0 spiro atoms. The standard InChI is InChI=1S/C11H17N3O2/c1-5-16-10-12-6-8(7-13-10)9(15)14-11(2,3)4/h6-7H,5H2,1-4H3,(H,14,15). The SMILES string of the molecule is CCOc1ncc(C(=O)NC(C)(C)C)cn1. The summed E-state index contributed by atoms with van der Waals surface area (Å²) in [4.78, 5) is 19.5. The van der Waals surface area contributed by atoms with Crippen molar-refractivity contribution in [1.82, 2.24) is 15.3 Å². The van der Waals surface area contributed by atoms with E-state index in [2.05, 4.69) is 15.3 Å². The molecule has 0 saturated carbocycles. The summed E-state index contributed by atoms with van der Waals surface area (Å²) in [5, 5.41) is 2.83. The van der Waals surface area contributed by atoms with Crippen molar-refractivity contribution >= 4 is 5.91 Å². The minimum atomic E-state index is -0.268. The molecule has 5 heteroatoms. The highest BCUT2D eigenvalue weighted by Crippen LogP contribution is 2.05. The van der Waals surface area contributed by atoms with Crippen LogP contribution in [0, 0.1) is 0 Å². The van der Waals surface area contributed by atoms with E-state index >= 15 is 0 Å². The van der Waals surface area contributed by atoms with Gasteiger partial charge >= 0.3 is 6.01 Å². The highest BCUT2D eigenvalue weighted by atomic mass is 16.5. The van der Waals surface area contributed by atoms with Crippen LogP contribution in [-0.4, -0.2) is 28.0 Å². The lowest BCUT2D eigenvalue weighted by Gasteiger charge is -2.20. The van der Waals surface area contributed by atoms with Crippen LogP contribution in [0.5, 0.6) is 6.01 Å². The summed E-state index contributed by atoms with van der Waals surface area (Å²) < 4.78 is 5.09. The number of aromatic nitrogens is 2. The van der Waals surface area contributed by atoms with Gasteiger partial charge in [-0.1, -0.05) is 0 Å². The molecular weight excluding hydrogens is 206 g/mol. The molecule has 1 rings (SSSR count). The summed E-state index contributed by atoms with van der Waals surface area (Å²) in [6, 6.07) is 0.287. The average molecular weight is 223 g/mol. The van der Waals surface area contributed by atoms with E-state index in [4.69, 9.17) is 4.74 Å². The van der Waals surface area contributed by atoms with Gasteiger partial charge in [-0.2, -0.15) is 0 Å². The monoisotopic (exact) mass is 223 g/mol. The van der Waals surface area contributed by atoms with Crippen LogP contribution in [0.25, 0.3) is 0 Å². The van der Waals surface area contributed by atoms with Gasteiger partial charge in [-0.05, 0) is 27.7 Å². The van der Waals surface area contributed by atoms with Crippen LogP contribution < -0.4 is 10.1 Å². The Balaban J connectivity index is 2.70. The molecule has 5 nitrogen and oxygen atoms in total. The Morgan fingerprint density at radius 3 is 2.38 bits per heavy atom. The zero-order valence-corrected chi connectivity index (χ0v) is 10.1. The summed E-state index contributed by atoms with van der Waals surface area (Å²) >= 11 is 0. The first-order valence-corrected chi connectivity index (χ1v) is 5.19. The molecule has 0 unspecified atom stereocenters. The first-order chi connectivity index (χ1) is 7.42. The molecule has 0 radical (unpaired) electrons. The van der Waals surface area contributed by atoms with E-state index in [1.165, 1.54) is 12.4 Å². The van der Waals surface area contributed by atoms with E-state index < -0.39 is 0 Å². The maximum atomic E-state index is 11.7. The second-order valence-corrected chi connectivity index (χ2v) is 4.39. The molecule has 1 N–H and O–H groups in total. The fraction of sp³-hybridized carbons (Fsp3) is 0.545. The van der Waals surface area contributed by atoms with Crippen molar-refractivity contribution in [2.45, 2.75) is 33.2 Å². The Labute approximate surface area is 95.3 Å². The number of nitrogens with one attached hydrogen (secondary N) is 1. The zero-order valence-electron chi connectivity index (χ0n) is 10.1. The van der Waals surface area contributed by atoms with Gasteiger partial charge in [0.25, 0.3) is 5.91 Å².